The van der Waals surface area contributed by atoms with Gasteiger partial charge in [0.1, 0.15) is 5.75 Å². The van der Waals surface area contributed by atoms with Gasteiger partial charge in [0.15, 0.2) is 6.61 Å². The van der Waals surface area contributed by atoms with Gasteiger partial charge in [0.2, 0.25) is 5.91 Å². The van der Waals surface area contributed by atoms with Gasteiger partial charge in [0, 0.05) is 12.7 Å². The molecule has 4 atom stereocenters. The van der Waals surface area contributed by atoms with Gasteiger partial charge in [0.25, 0.3) is 0 Å². The number of anilines is 1. The van der Waals surface area contributed by atoms with Crippen LogP contribution in [-0.2, 0) is 14.3 Å². The minimum absolute atomic E-state index is 0.0218. The van der Waals surface area contributed by atoms with Gasteiger partial charge in [-0.3, -0.25) is 4.79 Å². The summed E-state index contributed by atoms with van der Waals surface area (Å²) in [7, 11) is 1.73. The van der Waals surface area contributed by atoms with E-state index in [1.807, 2.05) is 20.8 Å². The quantitative estimate of drug-likeness (QED) is 0.899. The van der Waals surface area contributed by atoms with Crippen molar-refractivity contribution in [3.8, 4) is 5.75 Å². The molecule has 1 aromatic rings. The SMILES string of the molecule is CC1OC(C)C(C(=O)N(C)c2ccc(OCC(=O)O)cc2)C1C. The molecule has 0 aromatic heterocycles. The van der Waals surface area contributed by atoms with E-state index in [0.29, 0.717) is 5.75 Å². The van der Waals surface area contributed by atoms with Gasteiger partial charge >= 0.3 is 5.97 Å². The molecular weight excluding hydrogens is 298 g/mol. The van der Waals surface area contributed by atoms with Crippen LogP contribution in [0.25, 0.3) is 0 Å². The molecule has 0 aliphatic carbocycles. The number of ether oxygens (including phenoxy) is 2. The molecule has 1 saturated heterocycles. The number of amides is 1. The molecule has 1 amide bonds. The smallest absolute Gasteiger partial charge is 0.341 e. The fourth-order valence-electron chi connectivity index (χ4n) is 2.95. The number of carbonyl (C=O) groups excluding carboxylic acids is 1. The van der Waals surface area contributed by atoms with E-state index >= 15 is 0 Å². The molecule has 1 fully saturated rings. The van der Waals surface area contributed by atoms with Gasteiger partial charge in [0.05, 0.1) is 18.1 Å². The largest absolute Gasteiger partial charge is 0.482 e. The van der Waals surface area contributed by atoms with Crippen LogP contribution in [0.15, 0.2) is 24.3 Å². The van der Waals surface area contributed by atoms with Crippen LogP contribution in [-0.4, -0.2) is 42.8 Å². The van der Waals surface area contributed by atoms with Crippen LogP contribution in [0.3, 0.4) is 0 Å². The summed E-state index contributed by atoms with van der Waals surface area (Å²) >= 11 is 0. The Kier molecular flexibility index (Phi) is 5.26. The number of rotatable bonds is 5. The molecule has 4 unspecified atom stereocenters. The lowest BCUT2D eigenvalue weighted by molar-refractivity contribution is -0.139. The molecule has 1 aliphatic rings. The van der Waals surface area contributed by atoms with Crippen molar-refractivity contribution in [2.24, 2.45) is 11.8 Å². The fourth-order valence-corrected chi connectivity index (χ4v) is 2.95. The predicted octanol–water partition coefficient (Wildman–Crippen LogP) is 2.17. The van der Waals surface area contributed by atoms with Crippen molar-refractivity contribution >= 4 is 17.6 Å². The number of aliphatic carboxylic acids is 1. The lowest BCUT2D eigenvalue weighted by Gasteiger charge is -2.25. The number of hydrogen-bond acceptors (Lipinski definition) is 4. The summed E-state index contributed by atoms with van der Waals surface area (Å²) < 4.78 is 10.8. The molecule has 1 aliphatic heterocycles. The highest BCUT2D eigenvalue weighted by Gasteiger charge is 2.42. The van der Waals surface area contributed by atoms with Gasteiger partial charge in [-0.15, -0.1) is 0 Å². The zero-order valence-electron chi connectivity index (χ0n) is 13.9. The minimum atomic E-state index is -1.03. The third kappa shape index (κ3) is 3.82. The number of carboxylic acid groups (broad SMARTS) is 1. The van der Waals surface area contributed by atoms with Crippen LogP contribution in [0.2, 0.25) is 0 Å². The number of carbonyl (C=O) groups is 2. The molecule has 0 bridgehead atoms. The highest BCUT2D eigenvalue weighted by atomic mass is 16.5. The Balaban J connectivity index is 2.06. The second-order valence-corrected chi connectivity index (χ2v) is 6.00. The Labute approximate surface area is 136 Å². The topological polar surface area (TPSA) is 76.1 Å². The lowest BCUT2D eigenvalue weighted by Crippen LogP contribution is -2.38. The zero-order chi connectivity index (χ0) is 17.1. The first kappa shape index (κ1) is 17.3. The normalized spacial score (nSPS) is 26.8. The molecule has 0 radical (unpaired) electrons. The Morgan fingerprint density at radius 3 is 2.26 bits per heavy atom. The summed E-state index contributed by atoms with van der Waals surface area (Å²) in [4.78, 5) is 24.8. The van der Waals surface area contributed by atoms with E-state index in [-0.39, 0.29) is 36.6 Å². The summed E-state index contributed by atoms with van der Waals surface area (Å²) in [5.74, 6) is -0.555. The first-order valence-electron chi connectivity index (χ1n) is 7.69. The summed E-state index contributed by atoms with van der Waals surface area (Å²) in [5.41, 5.74) is 0.733. The average Bonchev–Trinajstić information content (AvgIpc) is 2.77. The lowest BCUT2D eigenvalue weighted by atomic mass is 9.88. The number of hydrogen-bond donors (Lipinski definition) is 1. The van der Waals surface area contributed by atoms with E-state index in [0.717, 1.165) is 5.69 Å². The Morgan fingerprint density at radius 1 is 1.17 bits per heavy atom. The van der Waals surface area contributed by atoms with Crippen LogP contribution < -0.4 is 9.64 Å². The molecule has 6 heteroatoms. The van der Waals surface area contributed by atoms with Gasteiger partial charge in [-0.1, -0.05) is 6.92 Å². The third-order valence-corrected chi connectivity index (χ3v) is 4.44. The Morgan fingerprint density at radius 2 is 1.78 bits per heavy atom. The first-order valence-corrected chi connectivity index (χ1v) is 7.69. The highest BCUT2D eigenvalue weighted by Crippen LogP contribution is 2.34. The molecule has 6 nitrogen and oxygen atoms in total. The Hall–Kier alpha value is -2.08. The van der Waals surface area contributed by atoms with E-state index < -0.39 is 5.97 Å². The molecule has 23 heavy (non-hydrogen) atoms. The number of carboxylic acids is 1. The highest BCUT2D eigenvalue weighted by molar-refractivity contribution is 5.95. The van der Waals surface area contributed by atoms with Crippen molar-refractivity contribution in [1.29, 1.82) is 0 Å². The molecule has 1 N–H and O–H groups in total. The van der Waals surface area contributed by atoms with Crippen molar-refractivity contribution in [3.05, 3.63) is 24.3 Å². The molecule has 126 valence electrons. The molecular formula is C17H23NO5. The van der Waals surface area contributed by atoms with Crippen molar-refractivity contribution < 1.29 is 24.2 Å². The van der Waals surface area contributed by atoms with Crippen LogP contribution in [0.4, 0.5) is 5.69 Å². The van der Waals surface area contributed by atoms with Gasteiger partial charge in [-0.2, -0.15) is 0 Å². The average molecular weight is 321 g/mol. The predicted molar refractivity (Wildman–Crippen MR) is 85.6 cm³/mol. The maximum absolute atomic E-state index is 12.7. The maximum atomic E-state index is 12.7. The van der Waals surface area contributed by atoms with E-state index in [2.05, 4.69) is 0 Å². The van der Waals surface area contributed by atoms with E-state index in [1.165, 1.54) is 0 Å². The summed E-state index contributed by atoms with van der Waals surface area (Å²) in [6.45, 7) is 5.57. The van der Waals surface area contributed by atoms with E-state index in [9.17, 15) is 9.59 Å². The monoisotopic (exact) mass is 321 g/mol. The summed E-state index contributed by atoms with van der Waals surface area (Å²) in [6, 6.07) is 6.79. The van der Waals surface area contributed by atoms with Crippen LogP contribution in [0.1, 0.15) is 20.8 Å². The van der Waals surface area contributed by atoms with Gasteiger partial charge < -0.3 is 19.5 Å². The third-order valence-electron chi connectivity index (χ3n) is 4.44. The van der Waals surface area contributed by atoms with Crippen LogP contribution >= 0.6 is 0 Å². The molecule has 0 saturated carbocycles. The van der Waals surface area contributed by atoms with Crippen LogP contribution in [0, 0.1) is 11.8 Å². The second-order valence-electron chi connectivity index (χ2n) is 6.00. The van der Waals surface area contributed by atoms with Gasteiger partial charge in [-0.25, -0.2) is 4.79 Å². The number of benzene rings is 1. The Bertz CT molecular complexity index is 571. The summed E-state index contributed by atoms with van der Waals surface area (Å²) in [5, 5.41) is 8.59. The van der Waals surface area contributed by atoms with E-state index in [1.54, 1.807) is 36.2 Å². The molecule has 1 aromatic carbocycles. The number of nitrogens with zero attached hydrogens (tertiary/aromatic N) is 1. The standard InChI is InChI=1S/C17H23NO5/c1-10-11(2)23-12(3)16(10)17(21)18(4)13-5-7-14(8-6-13)22-9-15(19)20/h5-8,10-12,16H,9H2,1-4H3,(H,19,20). The second kappa shape index (κ2) is 7.00. The molecule has 1 heterocycles. The van der Waals surface area contributed by atoms with Crippen molar-refractivity contribution in [3.63, 3.8) is 0 Å². The minimum Gasteiger partial charge on any atom is -0.482 e. The fraction of sp³-hybridized carbons (Fsp3) is 0.529. The molecule has 2 rings (SSSR count). The summed E-state index contributed by atoms with van der Waals surface area (Å²) in [6.07, 6.45) is -0.0349. The van der Waals surface area contributed by atoms with Crippen molar-refractivity contribution in [1.82, 2.24) is 0 Å². The molecule has 0 spiro atoms. The zero-order valence-corrected chi connectivity index (χ0v) is 13.9. The first-order chi connectivity index (χ1) is 10.8. The van der Waals surface area contributed by atoms with E-state index in [4.69, 9.17) is 14.6 Å². The van der Waals surface area contributed by atoms with Gasteiger partial charge in [-0.05, 0) is 44.0 Å². The van der Waals surface area contributed by atoms with Crippen molar-refractivity contribution in [2.75, 3.05) is 18.6 Å². The van der Waals surface area contributed by atoms with Crippen LogP contribution in [0.5, 0.6) is 5.75 Å². The van der Waals surface area contributed by atoms with Crippen molar-refractivity contribution in [2.45, 2.75) is 33.0 Å². The maximum Gasteiger partial charge on any atom is 0.341 e.